The van der Waals surface area contributed by atoms with Gasteiger partial charge in [-0.05, 0) is 79.4 Å². The van der Waals surface area contributed by atoms with E-state index >= 15 is 0 Å². The molecule has 1 heterocycles. The molecule has 4 fully saturated rings. The number of carbonyl (C=O) groups is 2. The smallest absolute Gasteiger partial charge is 0.193 e. The van der Waals surface area contributed by atoms with Crippen LogP contribution in [-0.4, -0.2) is 46.2 Å². The summed E-state index contributed by atoms with van der Waals surface area (Å²) in [6.07, 6.45) is 6.65. The minimum Gasteiger partial charge on any atom is -0.399 e. The van der Waals surface area contributed by atoms with Gasteiger partial charge in [-0.25, -0.2) is 0 Å². The number of aliphatic hydroxyl groups excluding tert-OH is 2. The molecule has 220 valence electrons. The van der Waals surface area contributed by atoms with E-state index in [1.54, 1.807) is 12.2 Å². The van der Waals surface area contributed by atoms with Gasteiger partial charge in [-0.3, -0.25) is 9.59 Å². The summed E-state index contributed by atoms with van der Waals surface area (Å²) in [4.78, 5) is 25.9. The summed E-state index contributed by atoms with van der Waals surface area (Å²) in [6, 6.07) is 15.8. The van der Waals surface area contributed by atoms with Crippen LogP contribution in [0, 0.1) is 28.6 Å². The van der Waals surface area contributed by atoms with Crippen LogP contribution in [0.1, 0.15) is 62.5 Å². The second-order valence-corrected chi connectivity index (χ2v) is 13.5. The molecule has 0 radical (unpaired) electrons. The third kappa shape index (κ3) is 3.87. The monoisotopic (exact) mass is 569 g/mol. The number of rotatable bonds is 5. The molecule has 7 nitrogen and oxygen atoms in total. The Morgan fingerprint density at radius 3 is 2.64 bits per heavy atom. The van der Waals surface area contributed by atoms with Gasteiger partial charge in [-0.1, -0.05) is 61.9 Å². The molecule has 9 atom stereocenters. The Morgan fingerprint density at radius 2 is 1.88 bits per heavy atom. The number of benzene rings is 2. The first kappa shape index (κ1) is 27.7. The van der Waals surface area contributed by atoms with Gasteiger partial charge < -0.3 is 25.4 Å². The molecule has 0 bridgehead atoms. The predicted molar refractivity (Wildman–Crippen MR) is 157 cm³/mol. The van der Waals surface area contributed by atoms with Gasteiger partial charge >= 0.3 is 0 Å². The fourth-order valence-corrected chi connectivity index (χ4v) is 9.62. The van der Waals surface area contributed by atoms with Crippen LogP contribution in [0.5, 0.6) is 0 Å². The molecule has 4 N–H and O–H groups in total. The van der Waals surface area contributed by atoms with Gasteiger partial charge in [-0.15, -0.1) is 0 Å². The minimum absolute atomic E-state index is 0.00349. The van der Waals surface area contributed by atoms with Crippen molar-refractivity contribution in [3.63, 3.8) is 0 Å². The molecule has 2 aromatic carbocycles. The zero-order valence-corrected chi connectivity index (χ0v) is 24.2. The van der Waals surface area contributed by atoms with Gasteiger partial charge in [-0.2, -0.15) is 0 Å². The number of aliphatic hydroxyl groups is 2. The highest BCUT2D eigenvalue weighted by atomic mass is 16.7. The second-order valence-electron chi connectivity index (χ2n) is 13.5. The number of anilines is 1. The topological polar surface area (TPSA) is 119 Å². The van der Waals surface area contributed by atoms with Crippen LogP contribution in [0.4, 0.5) is 5.69 Å². The maximum Gasteiger partial charge on any atom is 0.193 e. The molecule has 0 unspecified atom stereocenters. The first-order valence-corrected chi connectivity index (χ1v) is 15.1. The number of Topliss-reactive ketones (excluding diaryl/α,β-unsaturated/α-hetero) is 1. The van der Waals surface area contributed by atoms with Gasteiger partial charge in [0.15, 0.2) is 23.5 Å². The molecule has 42 heavy (non-hydrogen) atoms. The summed E-state index contributed by atoms with van der Waals surface area (Å²) in [7, 11) is 0. The van der Waals surface area contributed by atoms with E-state index in [4.69, 9.17) is 15.2 Å². The van der Waals surface area contributed by atoms with E-state index in [1.165, 1.54) is 0 Å². The van der Waals surface area contributed by atoms with Crippen LogP contribution in [0.25, 0.3) is 0 Å². The standard InChI is InChI=1S/C35H39NO6/c1-33-12-11-25(38)16-23(33)9-10-26-27-17-30-35(29(40)19-37,34(27,2)18-28(39)31(26)33)42-32(41-30)22-7-3-5-20(14-22)13-21-6-4-8-24(36)15-21/h3-8,11-12,14-16,26-28,30-32,37,39H,9-10,13,17-19,36H2,1-2H3/t26-,27-,28-,30+,31+,32-,33-,34-,35+/m0/s1. The molecule has 2 aromatic rings. The largest absolute Gasteiger partial charge is 0.399 e. The van der Waals surface area contributed by atoms with Crippen LogP contribution in [-0.2, 0) is 25.5 Å². The lowest BCUT2D eigenvalue weighted by atomic mass is 9.46. The summed E-state index contributed by atoms with van der Waals surface area (Å²) < 4.78 is 13.4. The molecule has 3 saturated carbocycles. The quantitative estimate of drug-likeness (QED) is 0.455. The highest BCUT2D eigenvalue weighted by Gasteiger charge is 2.75. The maximum atomic E-state index is 13.8. The minimum atomic E-state index is -1.36. The summed E-state index contributed by atoms with van der Waals surface area (Å²) in [5, 5.41) is 22.1. The molecule has 0 aromatic heterocycles. The fraction of sp³-hybridized carbons (Fsp3) is 0.486. The Kier molecular flexibility index (Phi) is 6.41. The van der Waals surface area contributed by atoms with Crippen molar-refractivity contribution in [1.29, 1.82) is 0 Å². The van der Waals surface area contributed by atoms with Crippen molar-refractivity contribution in [2.24, 2.45) is 28.6 Å². The van der Waals surface area contributed by atoms with Gasteiger partial charge in [0.25, 0.3) is 0 Å². The number of ether oxygens (including phenoxy) is 2. The maximum absolute atomic E-state index is 13.8. The van der Waals surface area contributed by atoms with E-state index in [9.17, 15) is 19.8 Å². The number of carbonyl (C=O) groups excluding carboxylic acids is 2. The molecular formula is C35H39NO6. The molecule has 7 heteroatoms. The molecule has 1 aliphatic heterocycles. The lowest BCUT2D eigenvalue weighted by molar-refractivity contribution is -0.201. The first-order chi connectivity index (χ1) is 20.1. The van der Waals surface area contributed by atoms with Crippen LogP contribution in [0.3, 0.4) is 0 Å². The van der Waals surface area contributed by atoms with E-state index in [-0.39, 0.29) is 29.3 Å². The normalized spacial score (nSPS) is 40.1. The Hall–Kier alpha value is -3.10. The van der Waals surface area contributed by atoms with Crippen LogP contribution < -0.4 is 5.73 Å². The average molecular weight is 570 g/mol. The second kappa shape index (κ2) is 9.71. The number of hydrogen-bond acceptors (Lipinski definition) is 7. The van der Waals surface area contributed by atoms with Gasteiger partial charge in [0.2, 0.25) is 0 Å². The van der Waals surface area contributed by atoms with Crippen LogP contribution in [0.2, 0.25) is 0 Å². The van der Waals surface area contributed by atoms with E-state index in [0.29, 0.717) is 19.3 Å². The Labute approximate surface area is 246 Å². The average Bonchev–Trinajstić information content (AvgIpc) is 3.46. The zero-order chi connectivity index (χ0) is 29.4. The first-order valence-electron chi connectivity index (χ1n) is 15.1. The predicted octanol–water partition coefficient (Wildman–Crippen LogP) is 4.46. The van der Waals surface area contributed by atoms with Crippen molar-refractivity contribution in [3.05, 3.63) is 89.0 Å². The molecule has 0 amide bonds. The number of nitrogens with two attached hydrogens (primary N) is 1. The van der Waals surface area contributed by atoms with Gasteiger partial charge in [0.05, 0.1) is 12.2 Å². The van der Waals surface area contributed by atoms with Crippen molar-refractivity contribution in [2.45, 2.75) is 70.1 Å². The third-order valence-corrected chi connectivity index (χ3v) is 11.4. The SMILES string of the molecule is C[C@]12C=CC(=O)C=C1CC[C@@H]1[C@@H]2[C@@H](O)C[C@@]2(C)[C@H]1C[C@H]1O[C@H](c3cccc(Cc4cccc(N)c4)c3)O[C@]12C(=O)CO. The van der Waals surface area contributed by atoms with Crippen molar-refractivity contribution >= 4 is 17.3 Å². The van der Waals surface area contributed by atoms with Crippen molar-refractivity contribution in [3.8, 4) is 0 Å². The number of hydrogen-bond donors (Lipinski definition) is 3. The highest BCUT2D eigenvalue weighted by molar-refractivity contribution is 6.01. The Bertz CT molecular complexity index is 1510. The molecule has 7 rings (SSSR count). The van der Waals surface area contributed by atoms with Gasteiger partial charge in [0, 0.05) is 28.0 Å². The molecule has 0 spiro atoms. The number of nitrogen functional groups attached to an aromatic ring is 1. The summed E-state index contributed by atoms with van der Waals surface area (Å²) in [5.41, 5.74) is 8.29. The van der Waals surface area contributed by atoms with Crippen LogP contribution in [0.15, 0.2) is 72.3 Å². The Morgan fingerprint density at radius 1 is 1.12 bits per heavy atom. The Balaban J connectivity index is 1.21. The zero-order valence-electron chi connectivity index (χ0n) is 24.2. The summed E-state index contributed by atoms with van der Waals surface area (Å²) >= 11 is 0. The molecular weight excluding hydrogens is 530 g/mol. The van der Waals surface area contributed by atoms with E-state index in [1.807, 2.05) is 54.6 Å². The lowest BCUT2D eigenvalue weighted by Crippen LogP contribution is -2.63. The van der Waals surface area contributed by atoms with Crippen molar-refractivity contribution in [2.75, 3.05) is 12.3 Å². The summed E-state index contributed by atoms with van der Waals surface area (Å²) in [6.45, 7) is 3.54. The number of ketones is 2. The van der Waals surface area contributed by atoms with E-state index < -0.39 is 41.5 Å². The van der Waals surface area contributed by atoms with Crippen molar-refractivity contribution < 1.29 is 29.3 Å². The number of fused-ring (bicyclic) bond motifs is 7. The molecule has 4 aliphatic carbocycles. The lowest BCUT2D eigenvalue weighted by Gasteiger charge is -2.59. The van der Waals surface area contributed by atoms with E-state index in [2.05, 4.69) is 13.8 Å². The fourth-order valence-electron chi connectivity index (χ4n) is 9.62. The van der Waals surface area contributed by atoms with Crippen molar-refractivity contribution in [1.82, 2.24) is 0 Å². The van der Waals surface area contributed by atoms with Crippen LogP contribution >= 0.6 is 0 Å². The van der Waals surface area contributed by atoms with Gasteiger partial charge in [0.1, 0.15) is 6.61 Å². The summed E-state index contributed by atoms with van der Waals surface area (Å²) in [5.74, 6) is -0.262. The third-order valence-electron chi connectivity index (χ3n) is 11.4. The highest BCUT2D eigenvalue weighted by Crippen LogP contribution is 2.70. The van der Waals surface area contributed by atoms with E-state index in [0.717, 1.165) is 40.8 Å². The number of allylic oxidation sites excluding steroid dienone is 4. The molecule has 1 saturated heterocycles. The molecule has 5 aliphatic rings.